The zero-order valence-corrected chi connectivity index (χ0v) is 67.9. The average Bonchev–Trinajstić information content (AvgIpc) is 0.932. The van der Waals surface area contributed by atoms with Gasteiger partial charge in [0.2, 0.25) is 0 Å². The van der Waals surface area contributed by atoms with E-state index < -0.39 is 97.5 Å². The Bertz CT molecular complexity index is 2020. The molecule has 0 rings (SSSR count). The van der Waals surface area contributed by atoms with Crippen molar-refractivity contribution in [3.63, 3.8) is 0 Å². The highest BCUT2D eigenvalue weighted by Crippen LogP contribution is 2.45. The highest BCUT2D eigenvalue weighted by atomic mass is 31.2. The molecule has 602 valence electrons. The van der Waals surface area contributed by atoms with E-state index in [1.165, 1.54) is 238 Å². The van der Waals surface area contributed by atoms with Crippen molar-refractivity contribution in [1.82, 2.24) is 0 Å². The molecule has 17 nitrogen and oxygen atoms in total. The molecule has 0 bridgehead atoms. The first kappa shape index (κ1) is 99.5. The highest BCUT2D eigenvalue weighted by molar-refractivity contribution is 7.47. The lowest BCUT2D eigenvalue weighted by atomic mass is 10.0. The van der Waals surface area contributed by atoms with Gasteiger partial charge >= 0.3 is 39.5 Å². The third kappa shape index (κ3) is 75.8. The molecule has 0 aliphatic heterocycles. The second kappa shape index (κ2) is 76.7. The minimum absolute atomic E-state index is 0.0879. The van der Waals surface area contributed by atoms with Gasteiger partial charge in [0, 0.05) is 25.7 Å². The lowest BCUT2D eigenvalue weighted by Gasteiger charge is -2.21. The Hall–Kier alpha value is -2.46. The van der Waals surface area contributed by atoms with Crippen LogP contribution in [-0.4, -0.2) is 96.7 Å². The summed E-state index contributed by atoms with van der Waals surface area (Å²) in [5.41, 5.74) is 0. The van der Waals surface area contributed by atoms with Crippen molar-refractivity contribution in [1.29, 1.82) is 0 Å². The van der Waals surface area contributed by atoms with Gasteiger partial charge in [0.05, 0.1) is 26.4 Å². The van der Waals surface area contributed by atoms with Gasteiger partial charge in [-0.05, 0) is 57.8 Å². The van der Waals surface area contributed by atoms with Gasteiger partial charge in [0.25, 0.3) is 0 Å². The topological polar surface area (TPSA) is 237 Å². The summed E-state index contributed by atoms with van der Waals surface area (Å²) in [6.07, 6.45) is 72.8. The van der Waals surface area contributed by atoms with E-state index in [4.69, 9.17) is 37.0 Å². The second-order valence-electron chi connectivity index (χ2n) is 29.2. The van der Waals surface area contributed by atoms with Gasteiger partial charge in [-0.1, -0.05) is 367 Å². The minimum atomic E-state index is -4.97. The van der Waals surface area contributed by atoms with Crippen LogP contribution >= 0.6 is 15.6 Å². The van der Waals surface area contributed by atoms with E-state index >= 15 is 0 Å². The predicted molar refractivity (Wildman–Crippen MR) is 418 cm³/mol. The maximum absolute atomic E-state index is 13.1. The van der Waals surface area contributed by atoms with Gasteiger partial charge in [0.15, 0.2) is 12.2 Å². The van der Waals surface area contributed by atoms with Crippen molar-refractivity contribution in [2.75, 3.05) is 39.6 Å². The number of aliphatic hydroxyl groups is 1. The maximum atomic E-state index is 13.1. The maximum Gasteiger partial charge on any atom is 0.472 e. The van der Waals surface area contributed by atoms with Crippen LogP contribution in [0.25, 0.3) is 0 Å². The summed E-state index contributed by atoms with van der Waals surface area (Å²) in [6.45, 7) is 4.98. The number of hydrogen-bond acceptors (Lipinski definition) is 15. The molecule has 5 atom stereocenters. The van der Waals surface area contributed by atoms with Crippen molar-refractivity contribution in [2.24, 2.45) is 0 Å². The normalized spacial score (nSPS) is 13.9. The molecule has 0 aromatic carbocycles. The summed E-state index contributed by atoms with van der Waals surface area (Å²) in [5.74, 6) is -2.13. The molecule has 0 radical (unpaired) electrons. The molecular formula is C83H158O17P2. The lowest BCUT2D eigenvalue weighted by molar-refractivity contribution is -0.161. The summed E-state index contributed by atoms with van der Waals surface area (Å²) in [6, 6.07) is 0. The monoisotopic (exact) mass is 1490 g/mol. The highest BCUT2D eigenvalue weighted by Gasteiger charge is 2.30. The molecule has 19 heteroatoms. The molecule has 0 aliphatic rings. The predicted octanol–water partition coefficient (Wildman–Crippen LogP) is 24.9. The first-order valence-corrected chi connectivity index (χ1v) is 45.6. The first-order valence-electron chi connectivity index (χ1n) is 42.6. The van der Waals surface area contributed by atoms with Crippen LogP contribution in [0.5, 0.6) is 0 Å². The number of carbonyl (C=O) groups excluding carboxylic acids is 4. The van der Waals surface area contributed by atoms with Crippen molar-refractivity contribution in [3.05, 3.63) is 24.3 Å². The van der Waals surface area contributed by atoms with Crippen LogP contribution in [0.2, 0.25) is 0 Å². The molecule has 0 fully saturated rings. The molecule has 102 heavy (non-hydrogen) atoms. The number of unbranched alkanes of at least 4 members (excludes halogenated alkanes) is 52. The Morgan fingerprint density at radius 2 is 0.480 bits per heavy atom. The van der Waals surface area contributed by atoms with E-state index in [1.807, 2.05) is 0 Å². The molecular weight excluding hydrogens is 1330 g/mol. The van der Waals surface area contributed by atoms with Crippen LogP contribution in [0.4, 0.5) is 0 Å². The summed E-state index contributed by atoms with van der Waals surface area (Å²) < 4.78 is 68.8. The standard InChI is InChI=1S/C83H158O17P2/c1-5-9-13-17-21-25-29-33-36-38-41-44-48-52-56-60-64-68-81(86)94-74-79(99-82(87)69-65-61-57-53-49-45-40-35-31-27-23-19-15-11-7-3)76-98-102(91,92)96-72-77(84)71-95-101(89,90)97-75-78(73-93-80(85)67-63-59-55-51-47-43-32-28-24-20-16-12-8-4)100-83(88)70-66-62-58-54-50-46-42-39-37-34-30-26-22-18-14-10-6-2/h23,27,35,40,77-79,84H,5-22,24-26,28-34,36-39,41-76H2,1-4H3,(H,89,90)(H,91,92)/b27-23-,40-35-/t77-,78-,79-/m1/s1. The van der Waals surface area contributed by atoms with Crippen LogP contribution in [-0.2, 0) is 65.4 Å². The van der Waals surface area contributed by atoms with Crippen LogP contribution in [0.1, 0.15) is 426 Å². The van der Waals surface area contributed by atoms with E-state index in [0.717, 1.165) is 109 Å². The van der Waals surface area contributed by atoms with E-state index in [2.05, 4.69) is 52.0 Å². The molecule has 0 spiro atoms. The van der Waals surface area contributed by atoms with Crippen molar-refractivity contribution < 1.29 is 80.2 Å². The summed E-state index contributed by atoms with van der Waals surface area (Å²) in [7, 11) is -9.93. The number of rotatable bonds is 82. The Morgan fingerprint density at radius 1 is 0.275 bits per heavy atom. The zero-order chi connectivity index (χ0) is 74.6. The molecule has 0 saturated carbocycles. The largest absolute Gasteiger partial charge is 0.472 e. The number of ether oxygens (including phenoxy) is 4. The van der Waals surface area contributed by atoms with Crippen molar-refractivity contribution in [2.45, 2.75) is 444 Å². The molecule has 0 aromatic heterocycles. The molecule has 0 aromatic rings. The van der Waals surface area contributed by atoms with Gasteiger partial charge in [-0.25, -0.2) is 9.13 Å². The zero-order valence-electron chi connectivity index (χ0n) is 66.1. The first-order chi connectivity index (χ1) is 49.7. The number of phosphoric ester groups is 2. The number of carbonyl (C=O) groups is 4. The third-order valence-corrected chi connectivity index (χ3v) is 20.9. The molecule has 0 aliphatic carbocycles. The third-order valence-electron chi connectivity index (χ3n) is 18.9. The van der Waals surface area contributed by atoms with Crippen molar-refractivity contribution in [3.8, 4) is 0 Å². The van der Waals surface area contributed by atoms with Gasteiger partial charge in [-0.15, -0.1) is 0 Å². The summed E-state index contributed by atoms with van der Waals surface area (Å²) in [5, 5.41) is 10.7. The van der Waals surface area contributed by atoms with Crippen LogP contribution in [0.3, 0.4) is 0 Å². The number of allylic oxidation sites excluding steroid dienone is 4. The quantitative estimate of drug-likeness (QED) is 0.0169. The molecule has 0 saturated heterocycles. The average molecular weight is 1490 g/mol. The second-order valence-corrected chi connectivity index (χ2v) is 32.1. The Labute approximate surface area is 624 Å². The summed E-state index contributed by atoms with van der Waals surface area (Å²) in [4.78, 5) is 73.1. The molecule has 0 heterocycles. The molecule has 0 amide bonds. The van der Waals surface area contributed by atoms with E-state index in [9.17, 15) is 43.2 Å². The fourth-order valence-electron chi connectivity index (χ4n) is 12.4. The van der Waals surface area contributed by atoms with E-state index in [-0.39, 0.29) is 25.7 Å². The lowest BCUT2D eigenvalue weighted by Crippen LogP contribution is -2.30. The fraction of sp³-hybridized carbons (Fsp3) is 0.904. The smallest absolute Gasteiger partial charge is 0.462 e. The van der Waals surface area contributed by atoms with Crippen LogP contribution in [0, 0.1) is 0 Å². The fourth-order valence-corrected chi connectivity index (χ4v) is 14.0. The van der Waals surface area contributed by atoms with Crippen LogP contribution < -0.4 is 0 Å². The number of aliphatic hydroxyl groups excluding tert-OH is 1. The van der Waals surface area contributed by atoms with Crippen molar-refractivity contribution >= 4 is 39.5 Å². The number of phosphoric acid groups is 2. The Morgan fingerprint density at radius 3 is 0.745 bits per heavy atom. The number of esters is 4. The minimum Gasteiger partial charge on any atom is -0.462 e. The SMILES string of the molecule is CCCCC/C=C\C/C=C\CCCCCCCC(=O)O[C@H](COC(=O)CCCCCCCCCCCCCCCCCCC)COP(=O)(O)OC[C@H](O)COP(=O)(O)OC[C@@H](COC(=O)CCCCCCCCCCCCCCC)OC(=O)CCCCCCCCCCCCCCCCCCC. The van der Waals surface area contributed by atoms with Gasteiger partial charge in [-0.3, -0.25) is 37.3 Å². The van der Waals surface area contributed by atoms with Gasteiger partial charge < -0.3 is 33.8 Å². The van der Waals surface area contributed by atoms with Crippen LogP contribution in [0.15, 0.2) is 24.3 Å². The van der Waals surface area contributed by atoms with Gasteiger partial charge in [-0.2, -0.15) is 0 Å². The Kier molecular flexibility index (Phi) is 74.9. The summed E-state index contributed by atoms with van der Waals surface area (Å²) >= 11 is 0. The molecule has 3 N–H and O–H groups in total. The van der Waals surface area contributed by atoms with E-state index in [1.54, 1.807) is 0 Å². The Balaban J connectivity index is 5.29. The number of hydrogen-bond donors (Lipinski definition) is 3. The molecule has 2 unspecified atom stereocenters. The van der Waals surface area contributed by atoms with Gasteiger partial charge in [0.1, 0.15) is 19.3 Å². The van der Waals surface area contributed by atoms with E-state index in [0.29, 0.717) is 25.7 Å².